The average molecular weight is 447 g/mol. The predicted molar refractivity (Wildman–Crippen MR) is 125 cm³/mol. The number of nitrogens with zero attached hydrogens (tertiary/aromatic N) is 2. The van der Waals surface area contributed by atoms with Gasteiger partial charge in [-0.15, -0.1) is 0 Å². The first-order valence-corrected chi connectivity index (χ1v) is 10.9. The molecule has 0 aliphatic carbocycles. The van der Waals surface area contributed by atoms with Crippen LogP contribution < -0.4 is 0 Å². The highest BCUT2D eigenvalue weighted by atomic mass is 32.2. The quantitative estimate of drug-likeness (QED) is 0.536. The van der Waals surface area contributed by atoms with Crippen LogP contribution in [0.4, 0.5) is 4.79 Å². The van der Waals surface area contributed by atoms with Crippen LogP contribution in [-0.2, 0) is 11.3 Å². The molecule has 0 saturated carbocycles. The molecular weight excluding hydrogens is 424 g/mol. The highest BCUT2D eigenvalue weighted by Crippen LogP contribution is 2.34. The summed E-state index contributed by atoms with van der Waals surface area (Å²) in [5.41, 5.74) is 5.76. The lowest BCUT2D eigenvalue weighted by atomic mass is 10.1. The minimum atomic E-state index is -0.973. The fourth-order valence-corrected chi connectivity index (χ4v) is 4.57. The Morgan fingerprint density at radius 2 is 1.66 bits per heavy atom. The molecule has 1 saturated heterocycles. The number of imide groups is 1. The molecule has 0 spiro atoms. The molecule has 1 aromatic heterocycles. The zero-order valence-electron chi connectivity index (χ0n) is 18.0. The van der Waals surface area contributed by atoms with Gasteiger partial charge in [-0.2, -0.15) is 0 Å². The van der Waals surface area contributed by atoms with Crippen LogP contribution in [0.25, 0.3) is 11.8 Å². The van der Waals surface area contributed by atoms with Crippen molar-refractivity contribution in [1.29, 1.82) is 0 Å². The number of carboxylic acids is 1. The molecule has 1 aliphatic rings. The second-order valence-electron chi connectivity index (χ2n) is 7.77. The lowest BCUT2D eigenvalue weighted by molar-refractivity contribution is -0.123. The van der Waals surface area contributed by atoms with Crippen LogP contribution in [-0.4, -0.2) is 31.7 Å². The van der Waals surface area contributed by atoms with E-state index in [1.54, 1.807) is 30.3 Å². The smallest absolute Gasteiger partial charge is 0.335 e. The van der Waals surface area contributed by atoms with Crippen LogP contribution in [0.2, 0.25) is 0 Å². The number of carbonyl (C=O) groups excluding carboxylic acids is 2. The lowest BCUT2D eigenvalue weighted by Gasteiger charge is -2.12. The van der Waals surface area contributed by atoms with E-state index in [2.05, 4.69) is 0 Å². The van der Waals surface area contributed by atoms with Crippen molar-refractivity contribution in [3.8, 4) is 5.69 Å². The van der Waals surface area contributed by atoms with E-state index in [4.69, 9.17) is 5.11 Å². The van der Waals surface area contributed by atoms with E-state index in [9.17, 15) is 14.4 Å². The monoisotopic (exact) mass is 446 g/mol. The minimum absolute atomic E-state index is 0.221. The molecule has 6 nitrogen and oxygen atoms in total. The van der Waals surface area contributed by atoms with Crippen molar-refractivity contribution in [2.45, 2.75) is 27.3 Å². The van der Waals surface area contributed by atoms with Gasteiger partial charge in [0.1, 0.15) is 0 Å². The molecule has 4 rings (SSSR count). The van der Waals surface area contributed by atoms with Gasteiger partial charge in [0.05, 0.1) is 17.0 Å². The Labute approximate surface area is 190 Å². The molecule has 0 bridgehead atoms. The molecule has 2 heterocycles. The molecule has 3 aromatic rings. The Morgan fingerprint density at radius 1 is 1.00 bits per heavy atom. The fourth-order valence-electron chi connectivity index (χ4n) is 3.74. The largest absolute Gasteiger partial charge is 0.478 e. The summed E-state index contributed by atoms with van der Waals surface area (Å²) in [5, 5.41) is 8.83. The van der Waals surface area contributed by atoms with E-state index in [0.29, 0.717) is 4.91 Å². The van der Waals surface area contributed by atoms with Gasteiger partial charge in [-0.05, 0) is 80.1 Å². The second-order valence-corrected chi connectivity index (χ2v) is 8.76. The molecule has 0 radical (unpaired) electrons. The second kappa shape index (κ2) is 8.51. The van der Waals surface area contributed by atoms with Gasteiger partial charge < -0.3 is 9.67 Å². The van der Waals surface area contributed by atoms with Crippen LogP contribution in [0.15, 0.2) is 59.5 Å². The number of rotatable bonds is 5. The molecule has 1 N–H and O–H groups in total. The first kappa shape index (κ1) is 21.6. The normalized spacial score (nSPS) is 15.1. The lowest BCUT2D eigenvalue weighted by Crippen LogP contribution is -2.27. The third-order valence-electron chi connectivity index (χ3n) is 5.46. The van der Waals surface area contributed by atoms with Crippen molar-refractivity contribution in [2.24, 2.45) is 0 Å². The van der Waals surface area contributed by atoms with Gasteiger partial charge in [0.2, 0.25) is 0 Å². The third kappa shape index (κ3) is 4.11. The van der Waals surface area contributed by atoms with Gasteiger partial charge in [0.25, 0.3) is 11.1 Å². The SMILES string of the molecule is Cc1ccc(CN2C(=O)S/C(=C\c3cc(C)n(-c4ccc(C(=O)O)cc4)c3C)C2=O)cc1. The summed E-state index contributed by atoms with van der Waals surface area (Å²) in [6.07, 6.45) is 1.75. The molecule has 0 atom stereocenters. The van der Waals surface area contributed by atoms with Crippen LogP contribution in [0.3, 0.4) is 0 Å². The first-order valence-electron chi connectivity index (χ1n) is 10.1. The molecule has 2 aromatic carbocycles. The number of carboxylic acid groups (broad SMARTS) is 1. The number of hydrogen-bond donors (Lipinski definition) is 1. The van der Waals surface area contributed by atoms with Crippen molar-refractivity contribution in [1.82, 2.24) is 9.47 Å². The Balaban J connectivity index is 1.61. The fraction of sp³-hybridized carbons (Fsp3) is 0.160. The van der Waals surface area contributed by atoms with Crippen LogP contribution in [0.1, 0.15) is 38.4 Å². The Bertz CT molecular complexity index is 1250. The molecule has 2 amide bonds. The van der Waals surface area contributed by atoms with Crippen LogP contribution in [0, 0.1) is 20.8 Å². The van der Waals surface area contributed by atoms with E-state index < -0.39 is 5.97 Å². The summed E-state index contributed by atoms with van der Waals surface area (Å²) < 4.78 is 1.99. The van der Waals surface area contributed by atoms with E-state index in [1.807, 2.05) is 55.7 Å². The predicted octanol–water partition coefficient (Wildman–Crippen LogP) is 5.34. The van der Waals surface area contributed by atoms with Crippen molar-refractivity contribution in [3.05, 3.63) is 93.1 Å². The zero-order valence-corrected chi connectivity index (χ0v) is 18.8. The minimum Gasteiger partial charge on any atom is -0.478 e. The molecule has 1 aliphatic heterocycles. The molecule has 7 heteroatoms. The Morgan fingerprint density at radius 3 is 2.28 bits per heavy atom. The number of aryl methyl sites for hydroxylation is 2. The van der Waals surface area contributed by atoms with Crippen molar-refractivity contribution >= 4 is 35.0 Å². The van der Waals surface area contributed by atoms with Gasteiger partial charge in [0.15, 0.2) is 0 Å². The molecular formula is C25H22N2O4S. The summed E-state index contributed by atoms with van der Waals surface area (Å²) in [6, 6.07) is 16.3. The highest BCUT2D eigenvalue weighted by molar-refractivity contribution is 8.18. The van der Waals surface area contributed by atoms with Crippen molar-refractivity contribution in [3.63, 3.8) is 0 Å². The zero-order chi connectivity index (χ0) is 23.0. The third-order valence-corrected chi connectivity index (χ3v) is 6.37. The van der Waals surface area contributed by atoms with Crippen molar-refractivity contribution < 1.29 is 19.5 Å². The standard InChI is InChI=1S/C25H22N2O4S/c1-15-4-6-18(7-5-15)14-26-23(28)22(32-25(26)31)13-20-12-16(2)27(17(20)3)21-10-8-19(9-11-21)24(29)30/h4-13H,14H2,1-3H3,(H,29,30)/b22-13-. The van der Waals surface area contributed by atoms with Gasteiger partial charge in [-0.25, -0.2) is 4.79 Å². The number of aromatic nitrogens is 1. The Hall–Kier alpha value is -3.58. The average Bonchev–Trinajstić information content (AvgIpc) is 3.19. The van der Waals surface area contributed by atoms with E-state index in [0.717, 1.165) is 45.5 Å². The Kier molecular flexibility index (Phi) is 5.76. The van der Waals surface area contributed by atoms with E-state index in [1.165, 1.54) is 4.90 Å². The van der Waals surface area contributed by atoms with Gasteiger partial charge >= 0.3 is 5.97 Å². The summed E-state index contributed by atoms with van der Waals surface area (Å²) in [7, 11) is 0. The molecule has 1 fully saturated rings. The highest BCUT2D eigenvalue weighted by Gasteiger charge is 2.35. The topological polar surface area (TPSA) is 79.6 Å². The number of hydrogen-bond acceptors (Lipinski definition) is 4. The van der Waals surface area contributed by atoms with Crippen molar-refractivity contribution in [2.75, 3.05) is 0 Å². The number of amides is 2. The summed E-state index contributed by atoms with van der Waals surface area (Å²) in [5.74, 6) is -1.27. The summed E-state index contributed by atoms with van der Waals surface area (Å²) in [6.45, 7) is 6.11. The summed E-state index contributed by atoms with van der Waals surface area (Å²) >= 11 is 0.948. The number of carbonyl (C=O) groups is 3. The van der Waals surface area contributed by atoms with E-state index >= 15 is 0 Å². The summed E-state index contributed by atoms with van der Waals surface area (Å²) in [4.78, 5) is 38.2. The first-order chi connectivity index (χ1) is 15.2. The maximum absolute atomic E-state index is 12.9. The van der Waals surface area contributed by atoms with Gasteiger partial charge in [-0.3, -0.25) is 14.5 Å². The number of aromatic carboxylic acids is 1. The van der Waals surface area contributed by atoms with Crippen LogP contribution in [0.5, 0.6) is 0 Å². The molecule has 0 unspecified atom stereocenters. The molecule has 32 heavy (non-hydrogen) atoms. The maximum Gasteiger partial charge on any atom is 0.335 e. The van der Waals surface area contributed by atoms with E-state index in [-0.39, 0.29) is 23.3 Å². The van der Waals surface area contributed by atoms with Crippen LogP contribution >= 0.6 is 11.8 Å². The number of benzene rings is 2. The molecule has 162 valence electrons. The maximum atomic E-state index is 12.9. The number of thioether (sulfide) groups is 1. The van der Waals surface area contributed by atoms with Gasteiger partial charge in [0, 0.05) is 17.1 Å². The van der Waals surface area contributed by atoms with Gasteiger partial charge in [-0.1, -0.05) is 29.8 Å².